The van der Waals surface area contributed by atoms with E-state index in [0.717, 1.165) is 36.1 Å². The topological polar surface area (TPSA) is 48.4 Å². The average molecular weight is 402 g/mol. The number of rotatable bonds is 2. The highest BCUT2D eigenvalue weighted by Crippen LogP contribution is 2.30. The van der Waals surface area contributed by atoms with Gasteiger partial charge in [0.05, 0.1) is 5.69 Å². The molecule has 1 aliphatic carbocycles. The molecule has 0 bridgehead atoms. The Bertz CT molecular complexity index is 680. The monoisotopic (exact) mass is 401 g/mol. The molecule has 0 atom stereocenters. The maximum atomic E-state index is 9.24. The van der Waals surface area contributed by atoms with Gasteiger partial charge in [-0.1, -0.05) is 26.7 Å². The molecule has 1 saturated heterocycles. The maximum Gasteiger partial charge on any atom is 0.123 e. The molecule has 2 aromatic rings. The van der Waals surface area contributed by atoms with Gasteiger partial charge in [-0.2, -0.15) is 0 Å². The number of piperidine rings is 1. The van der Waals surface area contributed by atoms with E-state index in [0.29, 0.717) is 5.75 Å². The molecule has 2 fully saturated rings. The van der Waals surface area contributed by atoms with Gasteiger partial charge in [-0.3, -0.25) is 0 Å². The van der Waals surface area contributed by atoms with Crippen LogP contribution in [0.2, 0.25) is 0 Å². The van der Waals surface area contributed by atoms with Crippen molar-refractivity contribution in [2.75, 3.05) is 19.6 Å². The number of benzene rings is 1. The fourth-order valence-corrected chi connectivity index (χ4v) is 4.97. The summed E-state index contributed by atoms with van der Waals surface area (Å²) in [5.74, 6) is 0.298. The number of phenolic OH excluding ortho intramolecular Hbond substituents is 1. The molecule has 2 aliphatic heterocycles. The van der Waals surface area contributed by atoms with Crippen LogP contribution < -0.4 is 5.32 Å². The second-order valence-corrected chi connectivity index (χ2v) is 8.63. The van der Waals surface area contributed by atoms with Crippen molar-refractivity contribution in [1.29, 1.82) is 0 Å². The Balaban J connectivity index is 0.000000161. The van der Waals surface area contributed by atoms with Gasteiger partial charge < -0.3 is 15.3 Å². The minimum atomic E-state index is 0.298. The SMILES string of the molecule is C1CCN(C2CCC2)CC1.CC.Oc1ccc(-c2nc3c(s2)CNCC3)cc1. The van der Waals surface area contributed by atoms with E-state index >= 15 is 0 Å². The molecule has 1 saturated carbocycles. The van der Waals surface area contributed by atoms with Crippen molar-refractivity contribution in [3.05, 3.63) is 34.8 Å². The summed E-state index contributed by atoms with van der Waals surface area (Å²) in [7, 11) is 0. The largest absolute Gasteiger partial charge is 0.508 e. The quantitative estimate of drug-likeness (QED) is 0.725. The van der Waals surface area contributed by atoms with Crippen LogP contribution in [0.15, 0.2) is 24.3 Å². The Morgan fingerprint density at radius 1 is 1.04 bits per heavy atom. The van der Waals surface area contributed by atoms with Gasteiger partial charge in [0.2, 0.25) is 0 Å². The van der Waals surface area contributed by atoms with Gasteiger partial charge in [0.1, 0.15) is 10.8 Å². The fraction of sp³-hybridized carbons (Fsp3) is 0.609. The molecule has 1 aromatic carbocycles. The van der Waals surface area contributed by atoms with Crippen molar-refractivity contribution >= 4 is 11.3 Å². The summed E-state index contributed by atoms with van der Waals surface area (Å²) >= 11 is 1.74. The summed E-state index contributed by atoms with van der Waals surface area (Å²) in [6.07, 6.45) is 9.86. The normalized spacial score (nSPS) is 19.4. The van der Waals surface area contributed by atoms with Gasteiger partial charge in [-0.05, 0) is 63.0 Å². The highest BCUT2D eigenvalue weighted by Gasteiger charge is 2.25. The van der Waals surface area contributed by atoms with E-state index in [4.69, 9.17) is 0 Å². The first-order valence-electron chi connectivity index (χ1n) is 11.0. The highest BCUT2D eigenvalue weighted by atomic mass is 32.1. The molecule has 0 radical (unpaired) electrons. The van der Waals surface area contributed by atoms with Gasteiger partial charge in [-0.15, -0.1) is 11.3 Å². The molecular weight excluding hydrogens is 366 g/mol. The van der Waals surface area contributed by atoms with E-state index in [1.54, 1.807) is 23.5 Å². The predicted molar refractivity (Wildman–Crippen MR) is 119 cm³/mol. The number of likely N-dealkylation sites (tertiary alicyclic amines) is 1. The molecule has 2 N–H and O–H groups in total. The summed E-state index contributed by atoms with van der Waals surface area (Å²) < 4.78 is 0. The smallest absolute Gasteiger partial charge is 0.123 e. The second kappa shape index (κ2) is 10.9. The zero-order valence-electron chi connectivity index (χ0n) is 17.4. The first-order chi connectivity index (χ1) is 13.8. The Morgan fingerprint density at radius 3 is 2.36 bits per heavy atom. The summed E-state index contributed by atoms with van der Waals surface area (Å²) in [5.41, 5.74) is 2.31. The molecule has 4 nitrogen and oxygen atoms in total. The van der Waals surface area contributed by atoms with Gasteiger partial charge in [0.15, 0.2) is 0 Å². The average Bonchev–Trinajstić information content (AvgIpc) is 3.14. The lowest BCUT2D eigenvalue weighted by Crippen LogP contribution is -2.42. The van der Waals surface area contributed by atoms with Crippen molar-refractivity contribution in [2.45, 2.75) is 71.4 Å². The molecule has 28 heavy (non-hydrogen) atoms. The van der Waals surface area contributed by atoms with Crippen LogP contribution in [0.1, 0.15) is 62.9 Å². The number of nitrogens with one attached hydrogen (secondary N) is 1. The minimum Gasteiger partial charge on any atom is -0.508 e. The fourth-order valence-electron chi connectivity index (χ4n) is 3.89. The molecule has 154 valence electrons. The predicted octanol–water partition coefficient (Wildman–Crippen LogP) is 5.21. The number of hydrogen-bond donors (Lipinski definition) is 2. The first-order valence-corrected chi connectivity index (χ1v) is 11.8. The van der Waals surface area contributed by atoms with Crippen molar-refractivity contribution < 1.29 is 5.11 Å². The highest BCUT2D eigenvalue weighted by molar-refractivity contribution is 7.15. The van der Waals surface area contributed by atoms with E-state index in [-0.39, 0.29) is 0 Å². The summed E-state index contributed by atoms with van der Waals surface area (Å²) in [6.45, 7) is 8.74. The van der Waals surface area contributed by atoms with Crippen LogP contribution in [0.3, 0.4) is 0 Å². The molecule has 0 amide bonds. The lowest BCUT2D eigenvalue weighted by atomic mass is 9.90. The van der Waals surface area contributed by atoms with Gasteiger partial charge in [0, 0.05) is 36.0 Å². The van der Waals surface area contributed by atoms with Crippen LogP contribution in [0.5, 0.6) is 5.75 Å². The Kier molecular flexibility index (Phi) is 8.31. The van der Waals surface area contributed by atoms with Crippen LogP contribution in [-0.4, -0.2) is 40.7 Å². The molecule has 1 aromatic heterocycles. The van der Waals surface area contributed by atoms with Crippen LogP contribution >= 0.6 is 11.3 Å². The number of aromatic hydroxyl groups is 1. The number of phenols is 1. The van der Waals surface area contributed by atoms with Gasteiger partial charge >= 0.3 is 0 Å². The van der Waals surface area contributed by atoms with Crippen molar-refractivity contribution in [1.82, 2.24) is 15.2 Å². The maximum absolute atomic E-state index is 9.24. The first kappa shape index (κ1) is 21.3. The molecule has 0 unspecified atom stereocenters. The third-order valence-corrected chi connectivity index (χ3v) is 6.85. The minimum absolute atomic E-state index is 0.298. The molecular formula is C23H35N3OS. The summed E-state index contributed by atoms with van der Waals surface area (Å²) in [4.78, 5) is 8.69. The van der Waals surface area contributed by atoms with E-state index in [1.807, 2.05) is 26.0 Å². The standard InChI is InChI=1S/C12H12N2OS.C9H17N.C2H6/c15-9-3-1-8(2-4-9)12-14-10-5-6-13-7-11(10)16-12;1-2-7-10(8-3-1)9-5-4-6-9;1-2/h1-4,13,15H,5-7H2;9H,1-8H2;1-2H3. The second-order valence-electron chi connectivity index (χ2n) is 7.54. The van der Waals surface area contributed by atoms with Crippen LogP contribution in [0.4, 0.5) is 0 Å². The number of aromatic nitrogens is 1. The third kappa shape index (κ3) is 5.56. The molecule has 3 aliphatic rings. The number of fused-ring (bicyclic) bond motifs is 1. The Morgan fingerprint density at radius 2 is 1.75 bits per heavy atom. The zero-order chi connectivity index (χ0) is 19.8. The van der Waals surface area contributed by atoms with E-state index in [9.17, 15) is 5.11 Å². The number of hydrogen-bond acceptors (Lipinski definition) is 5. The Labute approximate surface area is 174 Å². The van der Waals surface area contributed by atoms with E-state index in [1.165, 1.54) is 62.2 Å². The molecule has 3 heterocycles. The zero-order valence-corrected chi connectivity index (χ0v) is 18.2. The van der Waals surface area contributed by atoms with Crippen LogP contribution in [0, 0.1) is 0 Å². The lowest BCUT2D eigenvalue weighted by Gasteiger charge is -2.39. The van der Waals surface area contributed by atoms with Crippen molar-refractivity contribution in [2.24, 2.45) is 0 Å². The summed E-state index contributed by atoms with van der Waals surface area (Å²) in [6, 6.07) is 8.22. The lowest BCUT2D eigenvalue weighted by molar-refractivity contribution is 0.105. The van der Waals surface area contributed by atoms with Gasteiger partial charge in [0.25, 0.3) is 0 Å². The third-order valence-electron chi connectivity index (χ3n) is 5.70. The van der Waals surface area contributed by atoms with E-state index in [2.05, 4.69) is 15.2 Å². The molecule has 5 rings (SSSR count). The van der Waals surface area contributed by atoms with Gasteiger partial charge in [-0.25, -0.2) is 4.98 Å². The number of nitrogens with zero attached hydrogens (tertiary/aromatic N) is 2. The Hall–Kier alpha value is -1.43. The van der Waals surface area contributed by atoms with Crippen molar-refractivity contribution in [3.63, 3.8) is 0 Å². The van der Waals surface area contributed by atoms with Crippen molar-refractivity contribution in [3.8, 4) is 16.3 Å². The van der Waals surface area contributed by atoms with E-state index < -0.39 is 0 Å². The van der Waals surface area contributed by atoms with Crippen LogP contribution in [0.25, 0.3) is 10.6 Å². The molecule has 0 spiro atoms. The molecule has 5 heteroatoms. The number of thiazole rings is 1. The van der Waals surface area contributed by atoms with Crippen LogP contribution in [-0.2, 0) is 13.0 Å². The summed E-state index contributed by atoms with van der Waals surface area (Å²) in [5, 5.41) is 13.6.